The number of nitrogens with zero attached hydrogens (tertiary/aromatic N) is 1. The number of fused-ring (bicyclic) bond motifs is 9. The fourth-order valence-electron chi connectivity index (χ4n) is 7.26. The van der Waals surface area contributed by atoms with Gasteiger partial charge in [-0.3, -0.25) is 24.1 Å². The SMILES string of the molecule is O=C(O)CN1C(=O)[C@@H]2[C@H]3C[C@@H]([C@H]4Sc5[nH]c(=O)sc5[C@@H](c5ccc(-c6ccccc6)cc5)[C@@H]34)[C@H]2C1=O. The van der Waals surface area contributed by atoms with Crippen LogP contribution in [0.3, 0.4) is 0 Å². The summed E-state index contributed by atoms with van der Waals surface area (Å²) in [5, 5.41) is 10.2. The number of carbonyl (C=O) groups excluding carboxylic acids is 2. The average Bonchev–Trinajstić information content (AvgIpc) is 3.60. The summed E-state index contributed by atoms with van der Waals surface area (Å²) in [4.78, 5) is 55.0. The number of aromatic amines is 1. The first-order chi connectivity index (χ1) is 17.4. The number of hydrogen-bond acceptors (Lipinski definition) is 6. The van der Waals surface area contributed by atoms with Crippen molar-refractivity contribution in [3.05, 3.63) is 74.7 Å². The lowest BCUT2D eigenvalue weighted by Crippen LogP contribution is -2.42. The largest absolute Gasteiger partial charge is 0.480 e. The van der Waals surface area contributed by atoms with Crippen LogP contribution in [0.15, 0.2) is 64.4 Å². The van der Waals surface area contributed by atoms with Crippen molar-refractivity contribution in [2.24, 2.45) is 29.6 Å². The number of carboxylic acid groups (broad SMARTS) is 1. The first-order valence-electron chi connectivity index (χ1n) is 12.0. The Hall–Kier alpha value is -3.17. The van der Waals surface area contributed by atoms with Crippen LogP contribution in [0.2, 0.25) is 0 Å². The highest BCUT2D eigenvalue weighted by Crippen LogP contribution is 2.68. The molecule has 4 aliphatic rings. The van der Waals surface area contributed by atoms with Crippen molar-refractivity contribution in [1.29, 1.82) is 0 Å². The third-order valence-corrected chi connectivity index (χ3v) is 11.1. The molecule has 2 aliphatic heterocycles. The van der Waals surface area contributed by atoms with E-state index in [0.29, 0.717) is 0 Å². The van der Waals surface area contributed by atoms with Gasteiger partial charge in [-0.25, -0.2) is 0 Å². The number of nitrogens with one attached hydrogen (secondary N) is 1. The number of thioether (sulfide) groups is 1. The molecular formula is C27H22N2O5S2. The number of carboxylic acids is 1. The molecule has 7 atom stereocenters. The maximum Gasteiger partial charge on any atom is 0.323 e. The minimum Gasteiger partial charge on any atom is -0.480 e. The van der Waals surface area contributed by atoms with Crippen LogP contribution in [-0.4, -0.2) is 44.6 Å². The van der Waals surface area contributed by atoms with Crippen molar-refractivity contribution < 1.29 is 19.5 Å². The standard InChI is InChI=1S/C27H22N2O5S2/c30-17(31)11-29-25(32)20-15-10-16(21(20)26(29)33)22-19(15)18(23-24(35-22)28-27(34)36-23)14-8-6-13(7-9-14)12-4-2-1-3-5-12/h1-9,15-16,18-22H,10-11H2,(H,28,34)(H,30,31)/t15-,16+,18-,19+,20+,21+,22+/m0/s1. The number of carbonyl (C=O) groups is 3. The zero-order valence-corrected chi connectivity index (χ0v) is 20.6. The van der Waals surface area contributed by atoms with Crippen LogP contribution < -0.4 is 4.87 Å². The zero-order chi connectivity index (χ0) is 24.7. The summed E-state index contributed by atoms with van der Waals surface area (Å²) in [6, 6.07) is 18.6. The van der Waals surface area contributed by atoms with E-state index in [0.717, 1.165) is 37.9 Å². The summed E-state index contributed by atoms with van der Waals surface area (Å²) in [5.74, 6) is -2.74. The van der Waals surface area contributed by atoms with Gasteiger partial charge < -0.3 is 10.1 Å². The minimum absolute atomic E-state index is 0.00658. The molecule has 2 bridgehead atoms. The molecule has 182 valence electrons. The number of benzene rings is 2. The third kappa shape index (κ3) is 3.05. The van der Waals surface area contributed by atoms with E-state index in [-0.39, 0.29) is 45.6 Å². The van der Waals surface area contributed by atoms with Crippen molar-refractivity contribution in [3.8, 4) is 11.1 Å². The van der Waals surface area contributed by atoms with Gasteiger partial charge >= 0.3 is 10.8 Å². The van der Waals surface area contributed by atoms with Gasteiger partial charge in [0.1, 0.15) is 6.54 Å². The molecule has 7 rings (SSSR count). The Morgan fingerprint density at radius 3 is 2.31 bits per heavy atom. The number of aliphatic carboxylic acids is 1. The Morgan fingerprint density at radius 1 is 0.944 bits per heavy atom. The molecule has 0 radical (unpaired) electrons. The number of thiazole rings is 1. The number of H-pyrrole nitrogens is 1. The lowest BCUT2D eigenvalue weighted by molar-refractivity contribution is -0.149. The summed E-state index contributed by atoms with van der Waals surface area (Å²) >= 11 is 2.87. The molecule has 2 aliphatic carbocycles. The van der Waals surface area contributed by atoms with E-state index in [1.807, 2.05) is 18.2 Å². The van der Waals surface area contributed by atoms with E-state index in [1.54, 1.807) is 11.8 Å². The molecule has 2 amide bonds. The van der Waals surface area contributed by atoms with Gasteiger partial charge in [-0.2, -0.15) is 0 Å². The van der Waals surface area contributed by atoms with Gasteiger partial charge in [0.05, 0.1) is 16.9 Å². The van der Waals surface area contributed by atoms with Gasteiger partial charge in [-0.1, -0.05) is 65.9 Å². The van der Waals surface area contributed by atoms with Gasteiger partial charge in [0.2, 0.25) is 11.8 Å². The van der Waals surface area contributed by atoms with Crippen LogP contribution in [0.25, 0.3) is 11.1 Å². The molecule has 0 unspecified atom stereocenters. The second-order valence-electron chi connectivity index (χ2n) is 10.1. The molecular weight excluding hydrogens is 496 g/mol. The van der Waals surface area contributed by atoms with Crippen LogP contribution in [0.4, 0.5) is 0 Å². The maximum absolute atomic E-state index is 13.3. The molecule has 36 heavy (non-hydrogen) atoms. The number of amides is 2. The molecule has 3 heterocycles. The molecule has 9 heteroatoms. The lowest BCUT2D eigenvalue weighted by Gasteiger charge is -2.43. The Kier molecular flexibility index (Phi) is 4.85. The second kappa shape index (κ2) is 7.91. The monoisotopic (exact) mass is 518 g/mol. The van der Waals surface area contributed by atoms with Gasteiger partial charge in [0, 0.05) is 16.0 Å². The quantitative estimate of drug-likeness (QED) is 0.511. The molecule has 3 fully saturated rings. The Morgan fingerprint density at radius 2 is 1.61 bits per heavy atom. The van der Waals surface area contributed by atoms with Crippen LogP contribution in [0.1, 0.15) is 22.8 Å². The van der Waals surface area contributed by atoms with Crippen LogP contribution in [-0.2, 0) is 14.4 Å². The van der Waals surface area contributed by atoms with Gasteiger partial charge in [-0.05, 0) is 40.9 Å². The Bertz CT molecular complexity index is 1460. The molecule has 7 nitrogen and oxygen atoms in total. The smallest absolute Gasteiger partial charge is 0.323 e. The summed E-state index contributed by atoms with van der Waals surface area (Å²) < 4.78 is 0. The highest BCUT2D eigenvalue weighted by molar-refractivity contribution is 8.00. The number of aromatic nitrogens is 1. The predicted molar refractivity (Wildman–Crippen MR) is 135 cm³/mol. The van der Waals surface area contributed by atoms with Crippen LogP contribution in [0, 0.1) is 29.6 Å². The van der Waals surface area contributed by atoms with Crippen molar-refractivity contribution in [2.75, 3.05) is 6.54 Å². The van der Waals surface area contributed by atoms with E-state index >= 15 is 0 Å². The Balaban J connectivity index is 1.29. The van der Waals surface area contributed by atoms with Crippen molar-refractivity contribution >= 4 is 40.9 Å². The average molecular weight is 519 g/mol. The number of likely N-dealkylation sites (tertiary alicyclic amines) is 1. The predicted octanol–water partition coefficient (Wildman–Crippen LogP) is 3.66. The first kappa shape index (κ1) is 22.1. The van der Waals surface area contributed by atoms with Crippen molar-refractivity contribution in [1.82, 2.24) is 9.88 Å². The fraction of sp³-hybridized carbons (Fsp3) is 0.333. The Labute approximate surface area is 214 Å². The summed E-state index contributed by atoms with van der Waals surface area (Å²) in [7, 11) is 0. The molecule has 2 N–H and O–H groups in total. The lowest BCUT2D eigenvalue weighted by atomic mass is 9.68. The van der Waals surface area contributed by atoms with Gasteiger partial charge in [0.15, 0.2) is 0 Å². The van der Waals surface area contributed by atoms with Gasteiger partial charge in [-0.15, -0.1) is 11.8 Å². The van der Waals surface area contributed by atoms with Crippen molar-refractivity contribution in [2.45, 2.75) is 22.6 Å². The third-order valence-electron chi connectivity index (χ3n) is 8.49. The van der Waals surface area contributed by atoms with Crippen molar-refractivity contribution in [3.63, 3.8) is 0 Å². The zero-order valence-electron chi connectivity index (χ0n) is 19.0. The molecule has 1 saturated heterocycles. The second-order valence-corrected chi connectivity index (χ2v) is 12.3. The number of hydrogen-bond donors (Lipinski definition) is 2. The van der Waals surface area contributed by atoms with Crippen LogP contribution >= 0.6 is 23.1 Å². The minimum atomic E-state index is -1.17. The summed E-state index contributed by atoms with van der Waals surface area (Å²) in [6.45, 7) is -0.572. The molecule has 0 spiro atoms. The molecule has 2 saturated carbocycles. The van der Waals surface area contributed by atoms with Crippen LogP contribution in [0.5, 0.6) is 0 Å². The highest BCUT2D eigenvalue weighted by Gasteiger charge is 2.69. The number of imide groups is 1. The molecule has 2 aromatic carbocycles. The molecule has 3 aromatic rings. The summed E-state index contributed by atoms with van der Waals surface area (Å²) in [5.41, 5.74) is 3.34. The summed E-state index contributed by atoms with van der Waals surface area (Å²) in [6.07, 6.45) is 0.786. The number of rotatable bonds is 4. The van der Waals surface area contributed by atoms with E-state index in [2.05, 4.69) is 41.4 Å². The van der Waals surface area contributed by atoms with E-state index in [4.69, 9.17) is 0 Å². The maximum atomic E-state index is 13.3. The first-order valence-corrected chi connectivity index (χ1v) is 13.7. The van der Waals surface area contributed by atoms with E-state index < -0.39 is 24.3 Å². The van der Waals surface area contributed by atoms with Gasteiger partial charge in [0.25, 0.3) is 0 Å². The normalized spacial score (nSPS) is 31.9. The molecule has 1 aromatic heterocycles. The topological polar surface area (TPSA) is 108 Å². The van der Waals surface area contributed by atoms with E-state index in [9.17, 15) is 24.3 Å². The fourth-order valence-corrected chi connectivity index (χ4v) is 10.1. The highest BCUT2D eigenvalue weighted by atomic mass is 32.2. The van der Waals surface area contributed by atoms with E-state index in [1.165, 1.54) is 11.3 Å².